The van der Waals surface area contributed by atoms with Gasteiger partial charge in [0.05, 0.1) is 19.2 Å². The van der Waals surface area contributed by atoms with E-state index in [0.29, 0.717) is 10.7 Å². The Labute approximate surface area is 110 Å². The van der Waals surface area contributed by atoms with Gasteiger partial charge in [-0.05, 0) is 12.1 Å². The van der Waals surface area contributed by atoms with Crippen LogP contribution in [0.1, 0.15) is 5.69 Å². The van der Waals surface area contributed by atoms with E-state index in [0.717, 1.165) is 23.5 Å². The van der Waals surface area contributed by atoms with E-state index in [-0.39, 0.29) is 12.0 Å². The lowest BCUT2D eigenvalue weighted by molar-refractivity contribution is -0.139. The number of hydrogen-bond acceptors (Lipinski definition) is 4. The van der Waals surface area contributed by atoms with Crippen LogP contribution in [0.15, 0.2) is 17.5 Å². The number of hydrogen-bond donors (Lipinski definition) is 0. The van der Waals surface area contributed by atoms with Crippen molar-refractivity contribution in [1.82, 2.24) is 4.98 Å². The molecule has 2 aromatic rings. The summed E-state index contributed by atoms with van der Waals surface area (Å²) in [6, 6.07) is 1.72. The summed E-state index contributed by atoms with van der Waals surface area (Å²) in [7, 11) is 1.25. The van der Waals surface area contributed by atoms with Crippen molar-refractivity contribution in [2.75, 3.05) is 7.11 Å². The zero-order valence-electron chi connectivity index (χ0n) is 9.75. The van der Waals surface area contributed by atoms with Gasteiger partial charge < -0.3 is 4.74 Å². The lowest BCUT2D eigenvalue weighted by Crippen LogP contribution is -2.04. The third kappa shape index (κ3) is 2.93. The average Bonchev–Trinajstić information content (AvgIpc) is 2.83. The predicted molar refractivity (Wildman–Crippen MR) is 63.1 cm³/mol. The Kier molecular flexibility index (Phi) is 3.84. The molecule has 7 heteroatoms. The number of aromatic nitrogens is 1. The summed E-state index contributed by atoms with van der Waals surface area (Å²) in [6.07, 6.45) is -0.0286. The molecule has 0 amide bonds. The Morgan fingerprint density at radius 2 is 1.95 bits per heavy atom. The van der Waals surface area contributed by atoms with E-state index in [4.69, 9.17) is 0 Å². The van der Waals surface area contributed by atoms with Gasteiger partial charge in [0.1, 0.15) is 5.01 Å². The van der Waals surface area contributed by atoms with Crippen LogP contribution in [0, 0.1) is 17.5 Å². The van der Waals surface area contributed by atoms with Gasteiger partial charge in [-0.15, -0.1) is 11.3 Å². The van der Waals surface area contributed by atoms with E-state index in [1.807, 2.05) is 0 Å². The summed E-state index contributed by atoms with van der Waals surface area (Å²) in [5.41, 5.74) is 0.550. The summed E-state index contributed by atoms with van der Waals surface area (Å²) in [6.45, 7) is 0. The first-order valence-electron chi connectivity index (χ1n) is 5.17. The lowest BCUT2D eigenvalue weighted by Gasteiger charge is -1.99. The molecule has 1 heterocycles. The second-order valence-electron chi connectivity index (χ2n) is 3.65. The number of carbonyl (C=O) groups excluding carboxylic acids is 1. The lowest BCUT2D eigenvalue weighted by atomic mass is 10.2. The molecule has 0 aliphatic carbocycles. The number of ether oxygens (including phenoxy) is 1. The van der Waals surface area contributed by atoms with Crippen LogP contribution < -0.4 is 0 Å². The van der Waals surface area contributed by atoms with Gasteiger partial charge >= 0.3 is 5.97 Å². The third-order valence-corrected chi connectivity index (χ3v) is 3.28. The fourth-order valence-corrected chi connectivity index (χ4v) is 2.23. The number of nitrogens with zero attached hydrogens (tertiary/aromatic N) is 1. The molecule has 0 aliphatic heterocycles. The number of esters is 1. The molecule has 0 saturated heterocycles. The fraction of sp³-hybridized carbons (Fsp3) is 0.167. The van der Waals surface area contributed by atoms with Crippen LogP contribution in [0.5, 0.6) is 0 Å². The van der Waals surface area contributed by atoms with E-state index in [1.165, 1.54) is 7.11 Å². The van der Waals surface area contributed by atoms with Gasteiger partial charge in [0, 0.05) is 10.9 Å². The van der Waals surface area contributed by atoms with Gasteiger partial charge in [-0.1, -0.05) is 0 Å². The SMILES string of the molecule is COC(=O)Cc1csc(-c2cc(F)c(F)c(F)c2)n1. The van der Waals surface area contributed by atoms with Gasteiger partial charge in [-0.25, -0.2) is 18.2 Å². The topological polar surface area (TPSA) is 39.2 Å². The fourth-order valence-electron chi connectivity index (χ4n) is 1.42. The molecule has 2 rings (SSSR count). The summed E-state index contributed by atoms with van der Waals surface area (Å²) in [5.74, 6) is -4.54. The molecule has 0 N–H and O–H groups in total. The highest BCUT2D eigenvalue weighted by Gasteiger charge is 2.14. The van der Waals surface area contributed by atoms with Gasteiger partial charge in [-0.3, -0.25) is 4.79 Å². The molecule has 0 atom stereocenters. The molecule has 0 saturated carbocycles. The van der Waals surface area contributed by atoms with Gasteiger partial charge in [-0.2, -0.15) is 0 Å². The Balaban J connectivity index is 2.30. The molecule has 0 radical (unpaired) electrons. The number of thiazole rings is 1. The van der Waals surface area contributed by atoms with Crippen molar-refractivity contribution in [3.63, 3.8) is 0 Å². The van der Waals surface area contributed by atoms with Crippen molar-refractivity contribution in [2.24, 2.45) is 0 Å². The second-order valence-corrected chi connectivity index (χ2v) is 4.51. The molecule has 0 unspecified atom stereocenters. The highest BCUT2D eigenvalue weighted by Crippen LogP contribution is 2.27. The van der Waals surface area contributed by atoms with E-state index in [9.17, 15) is 18.0 Å². The van der Waals surface area contributed by atoms with Crippen LogP contribution in [0.4, 0.5) is 13.2 Å². The highest BCUT2D eigenvalue weighted by atomic mass is 32.1. The highest BCUT2D eigenvalue weighted by molar-refractivity contribution is 7.13. The van der Waals surface area contributed by atoms with E-state index < -0.39 is 23.4 Å². The monoisotopic (exact) mass is 287 g/mol. The summed E-state index contributed by atoms with van der Waals surface area (Å²) in [5, 5.41) is 1.88. The number of methoxy groups -OCH3 is 1. The molecule has 100 valence electrons. The standard InChI is InChI=1S/C12H8F3NO2S/c1-18-10(17)4-7-5-19-12(16-7)6-2-8(13)11(15)9(14)3-6/h2-3,5H,4H2,1H3. The second kappa shape index (κ2) is 5.40. The smallest absolute Gasteiger partial charge is 0.311 e. The minimum atomic E-state index is -1.52. The van der Waals surface area contributed by atoms with Crippen LogP contribution in [0.25, 0.3) is 10.6 Å². The first-order valence-corrected chi connectivity index (χ1v) is 6.05. The van der Waals surface area contributed by atoms with E-state index in [1.54, 1.807) is 5.38 Å². The summed E-state index contributed by atoms with van der Waals surface area (Å²) >= 11 is 1.10. The maximum absolute atomic E-state index is 13.1. The van der Waals surface area contributed by atoms with Gasteiger partial charge in [0.2, 0.25) is 0 Å². The number of benzene rings is 1. The molecule has 0 spiro atoms. The number of carbonyl (C=O) groups is 1. The van der Waals surface area contributed by atoms with E-state index >= 15 is 0 Å². The third-order valence-electron chi connectivity index (χ3n) is 2.34. The Morgan fingerprint density at radius 1 is 1.32 bits per heavy atom. The van der Waals surface area contributed by atoms with Crippen molar-refractivity contribution >= 4 is 17.3 Å². The zero-order valence-corrected chi connectivity index (χ0v) is 10.6. The average molecular weight is 287 g/mol. The molecule has 1 aromatic heterocycles. The first kappa shape index (κ1) is 13.5. The molecule has 0 fully saturated rings. The predicted octanol–water partition coefficient (Wildman–Crippen LogP) is 2.94. The number of rotatable bonds is 3. The molecule has 3 nitrogen and oxygen atoms in total. The molecule has 0 aliphatic rings. The maximum Gasteiger partial charge on any atom is 0.311 e. The van der Waals surface area contributed by atoms with Crippen LogP contribution in [0.3, 0.4) is 0 Å². The van der Waals surface area contributed by atoms with Gasteiger partial charge in [0.15, 0.2) is 17.5 Å². The first-order chi connectivity index (χ1) is 9.01. The van der Waals surface area contributed by atoms with Crippen molar-refractivity contribution in [3.8, 4) is 10.6 Å². The maximum atomic E-state index is 13.1. The minimum absolute atomic E-state index is 0.0286. The quantitative estimate of drug-likeness (QED) is 0.643. The molecule has 1 aromatic carbocycles. The van der Waals surface area contributed by atoms with Crippen molar-refractivity contribution in [1.29, 1.82) is 0 Å². The largest absolute Gasteiger partial charge is 0.469 e. The Morgan fingerprint density at radius 3 is 2.53 bits per heavy atom. The molecular formula is C12H8F3NO2S. The summed E-state index contributed by atoms with van der Waals surface area (Å²) in [4.78, 5) is 15.1. The molecular weight excluding hydrogens is 279 g/mol. The Hall–Kier alpha value is -1.89. The van der Waals surface area contributed by atoms with Crippen LogP contribution in [0.2, 0.25) is 0 Å². The van der Waals surface area contributed by atoms with Crippen molar-refractivity contribution in [3.05, 3.63) is 40.7 Å². The normalized spacial score (nSPS) is 10.5. The Bertz CT molecular complexity index is 604. The molecule has 19 heavy (non-hydrogen) atoms. The summed E-state index contributed by atoms with van der Waals surface area (Å²) < 4.78 is 43.5. The zero-order chi connectivity index (χ0) is 14.0. The van der Waals surface area contributed by atoms with E-state index in [2.05, 4.69) is 9.72 Å². The van der Waals surface area contributed by atoms with Crippen LogP contribution >= 0.6 is 11.3 Å². The van der Waals surface area contributed by atoms with Crippen molar-refractivity contribution < 1.29 is 22.7 Å². The van der Waals surface area contributed by atoms with Crippen LogP contribution in [-0.2, 0) is 16.0 Å². The van der Waals surface area contributed by atoms with Gasteiger partial charge in [0.25, 0.3) is 0 Å². The molecule has 0 bridgehead atoms. The van der Waals surface area contributed by atoms with Crippen molar-refractivity contribution in [2.45, 2.75) is 6.42 Å². The minimum Gasteiger partial charge on any atom is -0.469 e. The van der Waals surface area contributed by atoms with Crippen LogP contribution in [-0.4, -0.2) is 18.1 Å². The number of halogens is 3.